The van der Waals surface area contributed by atoms with Crippen molar-refractivity contribution in [1.82, 2.24) is 14.8 Å². The average Bonchev–Trinajstić information content (AvgIpc) is 2.93. The largest absolute Gasteiger partial charge is 0.305 e. The number of rotatable bonds is 6. The van der Waals surface area contributed by atoms with Crippen LogP contribution in [0.25, 0.3) is 10.9 Å². The fourth-order valence-electron chi connectivity index (χ4n) is 2.87. The summed E-state index contributed by atoms with van der Waals surface area (Å²) >= 11 is 1.85. The van der Waals surface area contributed by atoms with Gasteiger partial charge in [-0.3, -0.25) is 9.88 Å². The molecule has 3 aromatic rings. The van der Waals surface area contributed by atoms with Gasteiger partial charge in [0.2, 0.25) is 0 Å². The third kappa shape index (κ3) is 4.16. The smallest absolute Gasteiger partial charge is 0.0705 e. The van der Waals surface area contributed by atoms with Gasteiger partial charge in [0.15, 0.2) is 0 Å². The lowest BCUT2D eigenvalue weighted by atomic mass is 10.1. The summed E-state index contributed by atoms with van der Waals surface area (Å²) in [6.07, 6.45) is 1.85. The number of hydrogen-bond donors (Lipinski definition) is 0. The first-order valence-electron chi connectivity index (χ1n) is 7.84. The number of nitrogens with zero attached hydrogens (tertiary/aromatic N) is 3. The van der Waals surface area contributed by atoms with Crippen LogP contribution in [0.15, 0.2) is 48.0 Å². The molecular weight excluding hydrogens is 302 g/mol. The van der Waals surface area contributed by atoms with Crippen LogP contribution in [-0.2, 0) is 19.6 Å². The molecule has 0 fully saturated rings. The molecule has 0 saturated carbocycles. The van der Waals surface area contributed by atoms with Crippen LogP contribution in [0.1, 0.15) is 16.0 Å². The number of fused-ring (bicyclic) bond motifs is 1. The minimum Gasteiger partial charge on any atom is -0.305 e. The van der Waals surface area contributed by atoms with Gasteiger partial charge in [0.05, 0.1) is 5.52 Å². The van der Waals surface area contributed by atoms with E-state index in [1.54, 1.807) is 0 Å². The van der Waals surface area contributed by atoms with Crippen molar-refractivity contribution in [3.63, 3.8) is 0 Å². The lowest BCUT2D eigenvalue weighted by Gasteiger charge is -2.17. The van der Waals surface area contributed by atoms with Crippen LogP contribution in [0.4, 0.5) is 0 Å². The Morgan fingerprint density at radius 3 is 2.70 bits per heavy atom. The Hall–Kier alpha value is -1.75. The summed E-state index contributed by atoms with van der Waals surface area (Å²) in [5, 5.41) is 3.52. The van der Waals surface area contributed by atoms with Gasteiger partial charge in [-0.1, -0.05) is 18.2 Å². The second-order valence-corrected chi connectivity index (χ2v) is 7.31. The van der Waals surface area contributed by atoms with E-state index in [-0.39, 0.29) is 0 Å². The molecule has 0 bridgehead atoms. The van der Waals surface area contributed by atoms with Gasteiger partial charge in [-0.15, -0.1) is 11.3 Å². The van der Waals surface area contributed by atoms with Gasteiger partial charge < -0.3 is 4.90 Å². The van der Waals surface area contributed by atoms with Crippen molar-refractivity contribution < 1.29 is 0 Å². The zero-order valence-corrected chi connectivity index (χ0v) is 14.8. The maximum atomic E-state index is 4.44. The first kappa shape index (κ1) is 16.1. The van der Waals surface area contributed by atoms with Gasteiger partial charge in [-0.2, -0.15) is 0 Å². The molecule has 2 heterocycles. The summed E-state index contributed by atoms with van der Waals surface area (Å²) in [6.45, 7) is 2.92. The molecule has 0 aliphatic heterocycles. The molecular formula is C19H23N3S. The fourth-order valence-corrected chi connectivity index (χ4v) is 3.83. The van der Waals surface area contributed by atoms with E-state index in [4.69, 9.17) is 0 Å². The first-order valence-corrected chi connectivity index (χ1v) is 8.72. The highest BCUT2D eigenvalue weighted by molar-refractivity contribution is 7.10. The van der Waals surface area contributed by atoms with Crippen molar-refractivity contribution in [1.29, 1.82) is 0 Å². The predicted molar refractivity (Wildman–Crippen MR) is 98.6 cm³/mol. The number of thiophene rings is 1. The molecule has 0 amide bonds. The third-order valence-corrected chi connectivity index (χ3v) is 4.78. The first-order chi connectivity index (χ1) is 11.1. The second-order valence-electron chi connectivity index (χ2n) is 6.32. The lowest BCUT2D eigenvalue weighted by Crippen LogP contribution is -2.16. The predicted octanol–water partition coefficient (Wildman–Crippen LogP) is 3.99. The number of benzene rings is 1. The normalized spacial score (nSPS) is 11.7. The van der Waals surface area contributed by atoms with Crippen LogP contribution in [0, 0.1) is 0 Å². The Labute approximate surface area is 142 Å². The van der Waals surface area contributed by atoms with Gasteiger partial charge in [0.25, 0.3) is 0 Å². The Balaban J connectivity index is 1.69. The topological polar surface area (TPSA) is 19.4 Å². The lowest BCUT2D eigenvalue weighted by molar-refractivity contribution is 0.323. The van der Waals surface area contributed by atoms with Crippen LogP contribution < -0.4 is 0 Å². The summed E-state index contributed by atoms with van der Waals surface area (Å²) in [4.78, 5) is 10.4. The molecule has 3 nitrogen and oxygen atoms in total. The van der Waals surface area contributed by atoms with Gasteiger partial charge in [-0.05, 0) is 55.8 Å². The molecule has 0 spiro atoms. The van der Waals surface area contributed by atoms with E-state index in [2.05, 4.69) is 71.6 Å². The summed E-state index contributed by atoms with van der Waals surface area (Å²) < 4.78 is 0. The van der Waals surface area contributed by atoms with Crippen molar-refractivity contribution in [3.8, 4) is 0 Å². The van der Waals surface area contributed by atoms with Crippen molar-refractivity contribution >= 4 is 22.2 Å². The molecule has 0 saturated heterocycles. The van der Waals surface area contributed by atoms with E-state index in [1.165, 1.54) is 21.4 Å². The fraction of sp³-hybridized carbons (Fsp3) is 0.316. The minimum absolute atomic E-state index is 0.934. The van der Waals surface area contributed by atoms with E-state index in [0.717, 1.165) is 25.2 Å². The molecule has 23 heavy (non-hydrogen) atoms. The van der Waals surface area contributed by atoms with Crippen LogP contribution in [0.2, 0.25) is 0 Å². The van der Waals surface area contributed by atoms with Gasteiger partial charge in [-0.25, -0.2) is 0 Å². The SMILES string of the molecule is CN(C)Cc1csc(CN(C)Cc2cccc3ncccc23)c1. The van der Waals surface area contributed by atoms with Crippen LogP contribution in [0.3, 0.4) is 0 Å². The number of hydrogen-bond acceptors (Lipinski definition) is 4. The molecule has 0 aliphatic rings. The summed E-state index contributed by atoms with van der Waals surface area (Å²) in [6, 6.07) is 12.9. The van der Waals surface area contributed by atoms with Crippen molar-refractivity contribution in [2.24, 2.45) is 0 Å². The molecule has 1 aromatic carbocycles. The second kappa shape index (κ2) is 7.21. The van der Waals surface area contributed by atoms with E-state index >= 15 is 0 Å². The van der Waals surface area contributed by atoms with E-state index in [1.807, 2.05) is 23.6 Å². The maximum Gasteiger partial charge on any atom is 0.0705 e. The van der Waals surface area contributed by atoms with Gasteiger partial charge in [0.1, 0.15) is 0 Å². The van der Waals surface area contributed by atoms with E-state index < -0.39 is 0 Å². The quantitative estimate of drug-likeness (QED) is 0.683. The van der Waals surface area contributed by atoms with Gasteiger partial charge >= 0.3 is 0 Å². The number of pyridine rings is 1. The molecule has 0 unspecified atom stereocenters. The summed E-state index contributed by atoms with van der Waals surface area (Å²) in [5.41, 5.74) is 3.81. The van der Waals surface area contributed by atoms with Crippen molar-refractivity contribution in [2.75, 3.05) is 21.1 Å². The standard InChI is InChI=1S/C19H23N3S/c1-21(2)11-15-10-17(23-14-15)13-22(3)12-16-6-4-8-19-18(16)7-5-9-20-19/h4-10,14H,11-13H2,1-3H3. The zero-order chi connectivity index (χ0) is 16.2. The molecule has 0 N–H and O–H groups in total. The van der Waals surface area contributed by atoms with Crippen LogP contribution in [0.5, 0.6) is 0 Å². The highest BCUT2D eigenvalue weighted by atomic mass is 32.1. The summed E-state index contributed by atoms with van der Waals surface area (Å²) in [7, 11) is 6.40. The maximum absolute atomic E-state index is 4.44. The van der Waals surface area contributed by atoms with Crippen molar-refractivity contribution in [3.05, 3.63) is 64.0 Å². The average molecular weight is 325 g/mol. The molecule has 2 aromatic heterocycles. The van der Waals surface area contributed by atoms with E-state index in [9.17, 15) is 0 Å². The Morgan fingerprint density at radius 2 is 1.87 bits per heavy atom. The molecule has 4 heteroatoms. The molecule has 0 radical (unpaired) electrons. The molecule has 0 atom stereocenters. The van der Waals surface area contributed by atoms with Gasteiger partial charge in [0, 0.05) is 36.1 Å². The monoisotopic (exact) mass is 325 g/mol. The zero-order valence-electron chi connectivity index (χ0n) is 14.0. The Kier molecular flexibility index (Phi) is 5.06. The van der Waals surface area contributed by atoms with Crippen molar-refractivity contribution in [2.45, 2.75) is 19.6 Å². The summed E-state index contributed by atoms with van der Waals surface area (Å²) in [5.74, 6) is 0. The molecule has 3 rings (SSSR count). The van der Waals surface area contributed by atoms with Crippen LogP contribution in [-0.4, -0.2) is 35.9 Å². The Bertz CT molecular complexity index is 774. The molecule has 0 aliphatic carbocycles. The minimum atomic E-state index is 0.934. The number of aromatic nitrogens is 1. The van der Waals surface area contributed by atoms with Crippen LogP contribution >= 0.6 is 11.3 Å². The van der Waals surface area contributed by atoms with E-state index in [0.29, 0.717) is 0 Å². The molecule has 120 valence electrons. The highest BCUT2D eigenvalue weighted by Gasteiger charge is 2.08. The third-order valence-electron chi connectivity index (χ3n) is 3.81. The highest BCUT2D eigenvalue weighted by Crippen LogP contribution is 2.21. The Morgan fingerprint density at radius 1 is 1.00 bits per heavy atom.